The van der Waals surface area contributed by atoms with Gasteiger partial charge in [0, 0.05) is 12.1 Å². The van der Waals surface area contributed by atoms with Crippen LogP contribution in [0.3, 0.4) is 0 Å². The van der Waals surface area contributed by atoms with Crippen molar-refractivity contribution in [3.63, 3.8) is 0 Å². The van der Waals surface area contributed by atoms with Crippen LogP contribution >= 0.6 is 0 Å². The summed E-state index contributed by atoms with van der Waals surface area (Å²) < 4.78 is 5.50. The Morgan fingerprint density at radius 1 is 1.00 bits per heavy atom. The van der Waals surface area contributed by atoms with Gasteiger partial charge >= 0.3 is 0 Å². The SMILES string of the molecule is CCCCCCC(NCc1ccccc1)c1ncc(-c2ccccc2OC)[nH]1. The van der Waals surface area contributed by atoms with Crippen LogP contribution in [0.4, 0.5) is 0 Å². The van der Waals surface area contributed by atoms with Crippen LogP contribution in [-0.4, -0.2) is 17.1 Å². The average Bonchev–Trinajstić information content (AvgIpc) is 3.24. The molecular formula is C24H31N3O. The molecule has 4 heteroatoms. The Labute approximate surface area is 168 Å². The van der Waals surface area contributed by atoms with E-state index in [4.69, 9.17) is 9.72 Å². The van der Waals surface area contributed by atoms with Crippen LogP contribution in [0, 0.1) is 0 Å². The molecule has 1 aromatic heterocycles. The van der Waals surface area contributed by atoms with Crippen LogP contribution in [-0.2, 0) is 6.54 Å². The second-order valence-electron chi connectivity index (χ2n) is 7.15. The van der Waals surface area contributed by atoms with E-state index in [9.17, 15) is 0 Å². The van der Waals surface area contributed by atoms with Gasteiger partial charge in [-0.15, -0.1) is 0 Å². The number of hydrogen-bond donors (Lipinski definition) is 2. The molecule has 1 heterocycles. The summed E-state index contributed by atoms with van der Waals surface area (Å²) in [5.74, 6) is 1.85. The number of aromatic amines is 1. The van der Waals surface area contributed by atoms with Gasteiger partial charge in [0.15, 0.2) is 0 Å². The second-order valence-corrected chi connectivity index (χ2v) is 7.15. The molecule has 0 saturated heterocycles. The number of unbranched alkanes of at least 4 members (excludes halogenated alkanes) is 3. The van der Waals surface area contributed by atoms with Crippen molar-refractivity contribution in [2.75, 3.05) is 7.11 Å². The fourth-order valence-electron chi connectivity index (χ4n) is 3.47. The van der Waals surface area contributed by atoms with Gasteiger partial charge < -0.3 is 15.0 Å². The average molecular weight is 378 g/mol. The molecule has 0 aliphatic carbocycles. The molecule has 0 saturated carbocycles. The molecule has 0 fully saturated rings. The van der Waals surface area contributed by atoms with Gasteiger partial charge in [-0.25, -0.2) is 4.98 Å². The molecule has 0 bridgehead atoms. The van der Waals surface area contributed by atoms with Crippen LogP contribution in [0.5, 0.6) is 5.75 Å². The van der Waals surface area contributed by atoms with Crippen molar-refractivity contribution in [2.45, 2.75) is 51.6 Å². The minimum atomic E-state index is 0.209. The number of ether oxygens (including phenoxy) is 1. The van der Waals surface area contributed by atoms with Gasteiger partial charge in [-0.05, 0) is 24.1 Å². The van der Waals surface area contributed by atoms with Crippen LogP contribution in [0.15, 0.2) is 60.8 Å². The topological polar surface area (TPSA) is 49.9 Å². The molecule has 3 rings (SSSR count). The van der Waals surface area contributed by atoms with Gasteiger partial charge in [0.1, 0.15) is 11.6 Å². The van der Waals surface area contributed by atoms with Crippen LogP contribution in [0.2, 0.25) is 0 Å². The highest BCUT2D eigenvalue weighted by molar-refractivity contribution is 5.66. The first-order valence-electron chi connectivity index (χ1n) is 10.3. The smallest absolute Gasteiger partial charge is 0.128 e. The summed E-state index contributed by atoms with van der Waals surface area (Å²) in [6, 6.07) is 18.8. The first-order valence-corrected chi connectivity index (χ1v) is 10.3. The van der Waals surface area contributed by atoms with E-state index in [1.807, 2.05) is 24.4 Å². The quantitative estimate of drug-likeness (QED) is 0.410. The van der Waals surface area contributed by atoms with Gasteiger partial charge in [-0.3, -0.25) is 0 Å². The molecular weight excluding hydrogens is 346 g/mol. The summed E-state index contributed by atoms with van der Waals surface area (Å²) in [5.41, 5.74) is 3.32. The van der Waals surface area contributed by atoms with E-state index >= 15 is 0 Å². The molecule has 0 radical (unpaired) electrons. The standard InChI is InChI=1S/C24H31N3O/c1-3-4-5-9-15-21(25-17-19-12-7-6-8-13-19)24-26-18-22(27-24)20-14-10-11-16-23(20)28-2/h6-8,10-14,16,18,21,25H,3-5,9,15,17H2,1-2H3,(H,26,27). The van der Waals surface area contributed by atoms with Crippen LogP contribution in [0.1, 0.15) is 56.5 Å². The number of para-hydroxylation sites is 1. The monoisotopic (exact) mass is 377 g/mol. The number of benzene rings is 2. The van der Waals surface area contributed by atoms with Crippen molar-refractivity contribution in [3.8, 4) is 17.0 Å². The maximum atomic E-state index is 5.50. The Balaban J connectivity index is 1.74. The lowest BCUT2D eigenvalue weighted by Gasteiger charge is -2.17. The van der Waals surface area contributed by atoms with Gasteiger partial charge in [-0.1, -0.05) is 75.1 Å². The zero-order valence-electron chi connectivity index (χ0n) is 16.9. The zero-order chi connectivity index (χ0) is 19.6. The maximum absolute atomic E-state index is 5.50. The van der Waals surface area contributed by atoms with Crippen molar-refractivity contribution >= 4 is 0 Å². The lowest BCUT2D eigenvalue weighted by atomic mass is 10.1. The third kappa shape index (κ3) is 5.46. The Hall–Kier alpha value is -2.59. The Bertz CT molecular complexity index is 829. The number of imidazole rings is 1. The lowest BCUT2D eigenvalue weighted by Crippen LogP contribution is -2.22. The Kier molecular flexibility index (Phi) is 7.68. The highest BCUT2D eigenvalue weighted by Gasteiger charge is 2.16. The van der Waals surface area contributed by atoms with E-state index in [0.717, 1.165) is 35.8 Å². The molecule has 3 aromatic rings. The molecule has 2 aromatic carbocycles. The highest BCUT2D eigenvalue weighted by atomic mass is 16.5. The molecule has 28 heavy (non-hydrogen) atoms. The summed E-state index contributed by atoms with van der Waals surface area (Å²) in [4.78, 5) is 8.23. The third-order valence-corrected chi connectivity index (χ3v) is 5.06. The predicted octanol–water partition coefficient (Wildman–Crippen LogP) is 5.89. The fraction of sp³-hybridized carbons (Fsp3) is 0.375. The number of H-pyrrole nitrogens is 1. The summed E-state index contributed by atoms with van der Waals surface area (Å²) >= 11 is 0. The van der Waals surface area contributed by atoms with Crippen molar-refractivity contribution in [2.24, 2.45) is 0 Å². The summed E-state index contributed by atoms with van der Waals surface area (Å²) in [5, 5.41) is 3.70. The van der Waals surface area contributed by atoms with E-state index < -0.39 is 0 Å². The molecule has 0 aliphatic rings. The largest absolute Gasteiger partial charge is 0.496 e. The number of nitrogens with one attached hydrogen (secondary N) is 2. The second kappa shape index (κ2) is 10.7. The first kappa shape index (κ1) is 20.2. The van der Waals surface area contributed by atoms with Gasteiger partial charge in [0.05, 0.1) is 25.0 Å². The maximum Gasteiger partial charge on any atom is 0.128 e. The minimum Gasteiger partial charge on any atom is -0.496 e. The molecule has 0 spiro atoms. The predicted molar refractivity (Wildman–Crippen MR) is 115 cm³/mol. The highest BCUT2D eigenvalue weighted by Crippen LogP contribution is 2.29. The summed E-state index contributed by atoms with van der Waals surface area (Å²) in [6.07, 6.45) is 7.99. The molecule has 0 aliphatic heterocycles. The van der Waals surface area contributed by atoms with E-state index in [0.29, 0.717) is 0 Å². The fourth-order valence-corrected chi connectivity index (χ4v) is 3.47. The zero-order valence-corrected chi connectivity index (χ0v) is 16.9. The Morgan fingerprint density at radius 2 is 1.79 bits per heavy atom. The molecule has 1 unspecified atom stereocenters. The summed E-state index contributed by atoms with van der Waals surface area (Å²) in [7, 11) is 1.70. The van der Waals surface area contributed by atoms with Crippen molar-refractivity contribution < 1.29 is 4.74 Å². The third-order valence-electron chi connectivity index (χ3n) is 5.06. The van der Waals surface area contributed by atoms with Gasteiger partial charge in [0.2, 0.25) is 0 Å². The molecule has 2 N–H and O–H groups in total. The molecule has 1 atom stereocenters. The Morgan fingerprint density at radius 3 is 2.57 bits per heavy atom. The number of methoxy groups -OCH3 is 1. The van der Waals surface area contributed by atoms with E-state index in [-0.39, 0.29) is 6.04 Å². The van der Waals surface area contributed by atoms with Crippen molar-refractivity contribution in [3.05, 3.63) is 72.2 Å². The van der Waals surface area contributed by atoms with Crippen LogP contribution in [0.25, 0.3) is 11.3 Å². The lowest BCUT2D eigenvalue weighted by molar-refractivity contribution is 0.416. The van der Waals surface area contributed by atoms with E-state index in [1.54, 1.807) is 7.11 Å². The van der Waals surface area contributed by atoms with Gasteiger partial charge in [-0.2, -0.15) is 0 Å². The molecule has 0 amide bonds. The number of rotatable bonds is 11. The first-order chi connectivity index (χ1) is 13.8. The summed E-state index contributed by atoms with van der Waals surface area (Å²) in [6.45, 7) is 3.08. The normalized spacial score (nSPS) is 12.1. The van der Waals surface area contributed by atoms with Crippen molar-refractivity contribution in [1.29, 1.82) is 0 Å². The molecule has 4 nitrogen and oxygen atoms in total. The van der Waals surface area contributed by atoms with Crippen molar-refractivity contribution in [1.82, 2.24) is 15.3 Å². The molecule has 148 valence electrons. The van der Waals surface area contributed by atoms with Gasteiger partial charge in [0.25, 0.3) is 0 Å². The van der Waals surface area contributed by atoms with Crippen LogP contribution < -0.4 is 10.1 Å². The van der Waals surface area contributed by atoms with E-state index in [1.165, 1.54) is 31.2 Å². The number of hydrogen-bond acceptors (Lipinski definition) is 3. The van der Waals surface area contributed by atoms with E-state index in [2.05, 4.69) is 53.6 Å². The minimum absolute atomic E-state index is 0.209. The number of aromatic nitrogens is 2. The number of nitrogens with zero attached hydrogens (tertiary/aromatic N) is 1.